The standard InChI is InChI=1S/C10H14N4O/c1-6(2)4-7-8-9(14(3)13-7)11-5-12-10(8)15/h5-6H,4H2,1-3H3,(H,11,12,15). The monoisotopic (exact) mass is 206 g/mol. The third-order valence-electron chi connectivity index (χ3n) is 2.30. The summed E-state index contributed by atoms with van der Waals surface area (Å²) in [4.78, 5) is 18.3. The SMILES string of the molecule is CC(C)Cc1nn(C)c2nc[nH]c(=O)c12. The lowest BCUT2D eigenvalue weighted by Crippen LogP contribution is -2.08. The summed E-state index contributed by atoms with van der Waals surface area (Å²) in [5.74, 6) is 0.475. The second-order valence-corrected chi connectivity index (χ2v) is 4.10. The van der Waals surface area contributed by atoms with Crippen LogP contribution in [0.3, 0.4) is 0 Å². The molecule has 0 atom stereocenters. The average molecular weight is 206 g/mol. The summed E-state index contributed by atoms with van der Waals surface area (Å²) >= 11 is 0. The Balaban J connectivity index is 2.70. The molecule has 2 aromatic heterocycles. The number of aromatic amines is 1. The van der Waals surface area contributed by atoms with Crippen LogP contribution in [0.5, 0.6) is 0 Å². The van der Waals surface area contributed by atoms with Gasteiger partial charge in [0.15, 0.2) is 5.65 Å². The zero-order valence-corrected chi connectivity index (χ0v) is 9.11. The number of H-pyrrole nitrogens is 1. The zero-order valence-electron chi connectivity index (χ0n) is 9.11. The van der Waals surface area contributed by atoms with E-state index in [-0.39, 0.29) is 5.56 Å². The number of hydrogen-bond acceptors (Lipinski definition) is 3. The Labute approximate surface area is 87.1 Å². The third-order valence-corrected chi connectivity index (χ3v) is 2.30. The van der Waals surface area contributed by atoms with Gasteiger partial charge in [-0.25, -0.2) is 9.67 Å². The molecular weight excluding hydrogens is 192 g/mol. The lowest BCUT2D eigenvalue weighted by Gasteiger charge is -1.99. The van der Waals surface area contributed by atoms with E-state index in [1.54, 1.807) is 11.7 Å². The Morgan fingerprint density at radius 3 is 2.93 bits per heavy atom. The summed E-state index contributed by atoms with van der Waals surface area (Å²) in [6.07, 6.45) is 2.21. The molecule has 0 spiro atoms. The van der Waals surface area contributed by atoms with Gasteiger partial charge in [0.1, 0.15) is 5.39 Å². The van der Waals surface area contributed by atoms with E-state index in [2.05, 4.69) is 28.9 Å². The Bertz CT molecular complexity index is 538. The largest absolute Gasteiger partial charge is 0.312 e. The van der Waals surface area contributed by atoms with Crippen LogP contribution in [0.4, 0.5) is 0 Å². The van der Waals surface area contributed by atoms with Crippen LogP contribution < -0.4 is 5.56 Å². The Morgan fingerprint density at radius 1 is 1.53 bits per heavy atom. The van der Waals surface area contributed by atoms with Crippen LogP contribution >= 0.6 is 0 Å². The minimum atomic E-state index is -0.108. The molecule has 0 aliphatic heterocycles. The summed E-state index contributed by atoms with van der Waals surface area (Å²) in [7, 11) is 1.80. The number of fused-ring (bicyclic) bond motifs is 1. The fourth-order valence-corrected chi connectivity index (χ4v) is 1.70. The molecular formula is C10H14N4O. The second-order valence-electron chi connectivity index (χ2n) is 4.10. The van der Waals surface area contributed by atoms with Crippen molar-refractivity contribution >= 4 is 11.0 Å². The number of hydrogen-bond donors (Lipinski definition) is 1. The number of rotatable bonds is 2. The first-order chi connectivity index (χ1) is 7.09. The van der Waals surface area contributed by atoms with Gasteiger partial charge in [-0.15, -0.1) is 0 Å². The molecule has 0 unspecified atom stereocenters. The Hall–Kier alpha value is -1.65. The number of aromatic nitrogens is 4. The van der Waals surface area contributed by atoms with Crippen molar-refractivity contribution in [2.45, 2.75) is 20.3 Å². The molecule has 0 aliphatic carbocycles. The molecule has 0 saturated carbocycles. The van der Waals surface area contributed by atoms with Crippen molar-refractivity contribution in [1.82, 2.24) is 19.7 Å². The molecule has 5 nitrogen and oxygen atoms in total. The lowest BCUT2D eigenvalue weighted by molar-refractivity contribution is 0.624. The van der Waals surface area contributed by atoms with Crippen LogP contribution in [0.2, 0.25) is 0 Å². The topological polar surface area (TPSA) is 63.6 Å². The van der Waals surface area contributed by atoms with Crippen molar-refractivity contribution in [1.29, 1.82) is 0 Å². The van der Waals surface area contributed by atoms with E-state index < -0.39 is 0 Å². The highest BCUT2D eigenvalue weighted by molar-refractivity contribution is 5.76. The van der Waals surface area contributed by atoms with Crippen LogP contribution in [0, 0.1) is 5.92 Å². The molecule has 0 amide bonds. The van der Waals surface area contributed by atoms with Gasteiger partial charge in [0.2, 0.25) is 0 Å². The van der Waals surface area contributed by atoms with Gasteiger partial charge in [-0.1, -0.05) is 13.8 Å². The maximum absolute atomic E-state index is 11.6. The fourth-order valence-electron chi connectivity index (χ4n) is 1.70. The first-order valence-electron chi connectivity index (χ1n) is 4.99. The van der Waals surface area contributed by atoms with E-state index in [4.69, 9.17) is 0 Å². The van der Waals surface area contributed by atoms with Crippen molar-refractivity contribution < 1.29 is 0 Å². The van der Waals surface area contributed by atoms with Gasteiger partial charge < -0.3 is 4.98 Å². The molecule has 2 heterocycles. The first-order valence-corrected chi connectivity index (χ1v) is 4.99. The minimum Gasteiger partial charge on any atom is -0.312 e. The van der Waals surface area contributed by atoms with Gasteiger partial charge >= 0.3 is 0 Å². The molecule has 0 saturated heterocycles. The molecule has 0 radical (unpaired) electrons. The highest BCUT2D eigenvalue weighted by atomic mass is 16.1. The van der Waals surface area contributed by atoms with E-state index >= 15 is 0 Å². The predicted octanol–water partition coefficient (Wildman–Crippen LogP) is 0.855. The smallest absolute Gasteiger partial charge is 0.262 e. The average Bonchev–Trinajstić information content (AvgIpc) is 2.44. The van der Waals surface area contributed by atoms with Gasteiger partial charge in [0.05, 0.1) is 12.0 Å². The number of aryl methyl sites for hydroxylation is 1. The number of nitrogens with one attached hydrogen (secondary N) is 1. The number of nitrogens with zero attached hydrogens (tertiary/aromatic N) is 3. The van der Waals surface area contributed by atoms with Gasteiger partial charge in [0, 0.05) is 7.05 Å². The summed E-state index contributed by atoms with van der Waals surface area (Å²) < 4.78 is 1.66. The molecule has 2 aromatic rings. The van der Waals surface area contributed by atoms with E-state index in [0.717, 1.165) is 12.1 Å². The van der Waals surface area contributed by atoms with E-state index in [1.807, 2.05) is 0 Å². The second kappa shape index (κ2) is 3.49. The first kappa shape index (κ1) is 9.89. The van der Waals surface area contributed by atoms with E-state index in [0.29, 0.717) is 17.0 Å². The van der Waals surface area contributed by atoms with Gasteiger partial charge in [0.25, 0.3) is 5.56 Å². The molecule has 0 aliphatic rings. The molecule has 0 aromatic carbocycles. The van der Waals surface area contributed by atoms with Crippen LogP contribution in [0.1, 0.15) is 19.5 Å². The normalized spacial score (nSPS) is 11.5. The maximum atomic E-state index is 11.6. The minimum absolute atomic E-state index is 0.108. The van der Waals surface area contributed by atoms with Crippen molar-refractivity contribution in [3.63, 3.8) is 0 Å². The van der Waals surface area contributed by atoms with E-state index in [9.17, 15) is 4.79 Å². The van der Waals surface area contributed by atoms with Crippen molar-refractivity contribution in [3.05, 3.63) is 22.4 Å². The highest BCUT2D eigenvalue weighted by Crippen LogP contribution is 2.14. The predicted molar refractivity (Wildman–Crippen MR) is 57.7 cm³/mol. The molecule has 0 fully saturated rings. The van der Waals surface area contributed by atoms with E-state index in [1.165, 1.54) is 6.33 Å². The Morgan fingerprint density at radius 2 is 2.27 bits per heavy atom. The summed E-state index contributed by atoms with van der Waals surface area (Å²) in [6.45, 7) is 4.20. The molecule has 80 valence electrons. The van der Waals surface area contributed by atoms with Crippen molar-refractivity contribution in [2.75, 3.05) is 0 Å². The van der Waals surface area contributed by atoms with Crippen LogP contribution in [-0.2, 0) is 13.5 Å². The summed E-state index contributed by atoms with van der Waals surface area (Å²) in [6, 6.07) is 0. The molecule has 0 bridgehead atoms. The van der Waals surface area contributed by atoms with Crippen LogP contribution in [0.25, 0.3) is 11.0 Å². The molecule has 5 heteroatoms. The van der Waals surface area contributed by atoms with Gasteiger partial charge in [-0.3, -0.25) is 4.79 Å². The molecule has 2 rings (SSSR count). The zero-order chi connectivity index (χ0) is 11.0. The maximum Gasteiger partial charge on any atom is 0.262 e. The molecule has 15 heavy (non-hydrogen) atoms. The quantitative estimate of drug-likeness (QED) is 0.792. The highest BCUT2D eigenvalue weighted by Gasteiger charge is 2.13. The van der Waals surface area contributed by atoms with Gasteiger partial charge in [-0.2, -0.15) is 5.10 Å². The summed E-state index contributed by atoms with van der Waals surface area (Å²) in [5.41, 5.74) is 1.37. The van der Waals surface area contributed by atoms with Crippen LogP contribution in [-0.4, -0.2) is 19.7 Å². The Kier molecular flexibility index (Phi) is 2.30. The summed E-state index contributed by atoms with van der Waals surface area (Å²) in [5, 5.41) is 4.94. The third kappa shape index (κ3) is 1.65. The molecule has 1 N–H and O–H groups in total. The fraction of sp³-hybridized carbons (Fsp3) is 0.500. The van der Waals surface area contributed by atoms with Crippen LogP contribution in [0.15, 0.2) is 11.1 Å². The lowest BCUT2D eigenvalue weighted by atomic mass is 10.1. The van der Waals surface area contributed by atoms with Crippen molar-refractivity contribution in [3.8, 4) is 0 Å². The van der Waals surface area contributed by atoms with Crippen molar-refractivity contribution in [2.24, 2.45) is 13.0 Å². The van der Waals surface area contributed by atoms with Gasteiger partial charge in [-0.05, 0) is 12.3 Å².